The summed E-state index contributed by atoms with van der Waals surface area (Å²) >= 11 is 0. The number of ether oxygens (including phenoxy) is 1. The molecule has 1 aromatic rings. The van der Waals surface area contributed by atoms with Crippen LogP contribution in [-0.4, -0.2) is 33.8 Å². The average Bonchev–Trinajstić information content (AvgIpc) is 2.37. The summed E-state index contributed by atoms with van der Waals surface area (Å²) in [5.41, 5.74) is -0.665. The molecule has 1 N–H and O–H groups in total. The molecule has 1 heterocycles. The average molecular weight is 295 g/mol. The van der Waals surface area contributed by atoms with Gasteiger partial charge in [-0.05, 0) is 33.3 Å². The molecule has 1 aromatic heterocycles. The molecule has 0 saturated carbocycles. The number of amides is 1. The first kappa shape index (κ1) is 16.9. The molecule has 0 radical (unpaired) electrons. The smallest absolute Gasteiger partial charge is 0.359 e. The normalized spacial score (nSPS) is 11.0. The molecule has 0 bridgehead atoms. The predicted octanol–water partition coefficient (Wildman–Crippen LogP) is 0.725. The highest BCUT2D eigenvalue weighted by Gasteiger charge is 2.17. The van der Waals surface area contributed by atoms with E-state index in [1.165, 1.54) is 16.8 Å². The molecule has 0 aliphatic heterocycles. The van der Waals surface area contributed by atoms with Gasteiger partial charge in [-0.1, -0.05) is 6.92 Å². The largest absolute Gasteiger partial charge is 0.451 e. The van der Waals surface area contributed by atoms with Crippen molar-refractivity contribution in [2.45, 2.75) is 46.2 Å². The van der Waals surface area contributed by atoms with Crippen molar-refractivity contribution in [3.05, 3.63) is 28.2 Å². The third kappa shape index (κ3) is 5.76. The first-order valence-electron chi connectivity index (χ1n) is 6.79. The summed E-state index contributed by atoms with van der Waals surface area (Å²) in [6.07, 6.45) is 0.722. The fraction of sp³-hybridized carbons (Fsp3) is 0.571. The lowest BCUT2D eigenvalue weighted by Gasteiger charge is -2.20. The Hall–Kier alpha value is -2.18. The van der Waals surface area contributed by atoms with Gasteiger partial charge in [0.15, 0.2) is 12.3 Å². The van der Waals surface area contributed by atoms with E-state index >= 15 is 0 Å². The Morgan fingerprint density at radius 2 is 2.00 bits per heavy atom. The SMILES string of the molecule is CCCn1nc(C(=O)OCC(=O)NC(C)(C)C)ccc1=O. The summed E-state index contributed by atoms with van der Waals surface area (Å²) in [7, 11) is 0. The lowest BCUT2D eigenvalue weighted by molar-refractivity contribution is -0.125. The van der Waals surface area contributed by atoms with Crippen molar-refractivity contribution in [3.63, 3.8) is 0 Å². The van der Waals surface area contributed by atoms with E-state index in [9.17, 15) is 14.4 Å². The Bertz CT molecular complexity index is 572. The van der Waals surface area contributed by atoms with Crippen LogP contribution in [0.5, 0.6) is 0 Å². The molecule has 1 rings (SSSR count). The fourth-order valence-corrected chi connectivity index (χ4v) is 1.59. The van der Waals surface area contributed by atoms with Crippen LogP contribution in [-0.2, 0) is 16.1 Å². The summed E-state index contributed by atoms with van der Waals surface area (Å²) in [5, 5.41) is 6.59. The molecule has 7 heteroatoms. The van der Waals surface area contributed by atoms with Crippen molar-refractivity contribution in [1.82, 2.24) is 15.1 Å². The van der Waals surface area contributed by atoms with Crippen LogP contribution in [0.25, 0.3) is 0 Å². The summed E-state index contributed by atoms with van der Waals surface area (Å²) in [5.74, 6) is -1.12. The quantitative estimate of drug-likeness (QED) is 0.809. The van der Waals surface area contributed by atoms with Crippen LogP contribution in [0, 0.1) is 0 Å². The number of esters is 1. The third-order valence-electron chi connectivity index (χ3n) is 2.36. The van der Waals surface area contributed by atoms with Crippen LogP contribution in [0.3, 0.4) is 0 Å². The number of rotatable bonds is 5. The maximum absolute atomic E-state index is 11.8. The number of nitrogens with zero attached hydrogens (tertiary/aromatic N) is 2. The van der Waals surface area contributed by atoms with Crippen molar-refractivity contribution in [2.75, 3.05) is 6.61 Å². The minimum absolute atomic E-state index is 0.00612. The standard InChI is InChI=1S/C14H21N3O4/c1-5-8-17-12(19)7-6-10(16-17)13(20)21-9-11(18)15-14(2,3)4/h6-7H,5,8-9H2,1-4H3,(H,15,18). The van der Waals surface area contributed by atoms with E-state index < -0.39 is 17.4 Å². The number of carbonyl (C=O) groups is 2. The molecule has 0 atom stereocenters. The van der Waals surface area contributed by atoms with Gasteiger partial charge in [0, 0.05) is 18.2 Å². The summed E-state index contributed by atoms with van der Waals surface area (Å²) in [6, 6.07) is 2.55. The number of aryl methyl sites for hydroxylation is 1. The van der Waals surface area contributed by atoms with Crippen LogP contribution in [0.1, 0.15) is 44.6 Å². The van der Waals surface area contributed by atoms with Gasteiger partial charge in [0.05, 0.1) is 0 Å². The minimum atomic E-state index is -0.732. The molecule has 0 spiro atoms. The maximum Gasteiger partial charge on any atom is 0.359 e. The molecule has 0 aliphatic rings. The molecule has 116 valence electrons. The van der Waals surface area contributed by atoms with Gasteiger partial charge in [-0.2, -0.15) is 5.10 Å². The molecule has 21 heavy (non-hydrogen) atoms. The van der Waals surface area contributed by atoms with Crippen molar-refractivity contribution in [2.24, 2.45) is 0 Å². The second-order valence-electron chi connectivity index (χ2n) is 5.65. The molecule has 0 saturated heterocycles. The lowest BCUT2D eigenvalue weighted by atomic mass is 10.1. The van der Waals surface area contributed by atoms with Crippen molar-refractivity contribution < 1.29 is 14.3 Å². The Labute approximate surface area is 123 Å². The van der Waals surface area contributed by atoms with Crippen LogP contribution in [0.4, 0.5) is 0 Å². The van der Waals surface area contributed by atoms with Crippen molar-refractivity contribution in [1.29, 1.82) is 0 Å². The van der Waals surface area contributed by atoms with Gasteiger partial charge < -0.3 is 10.1 Å². The molecule has 0 unspecified atom stereocenters. The van der Waals surface area contributed by atoms with Gasteiger partial charge in [-0.25, -0.2) is 9.48 Å². The molecule has 7 nitrogen and oxygen atoms in total. The predicted molar refractivity (Wildman–Crippen MR) is 77.0 cm³/mol. The van der Waals surface area contributed by atoms with Gasteiger partial charge in [0.2, 0.25) is 0 Å². The Morgan fingerprint density at radius 1 is 1.33 bits per heavy atom. The minimum Gasteiger partial charge on any atom is -0.451 e. The van der Waals surface area contributed by atoms with Crippen LogP contribution < -0.4 is 10.9 Å². The van der Waals surface area contributed by atoms with E-state index in [4.69, 9.17) is 4.74 Å². The first-order valence-corrected chi connectivity index (χ1v) is 6.79. The summed E-state index contributed by atoms with van der Waals surface area (Å²) in [6.45, 7) is 7.42. The zero-order chi connectivity index (χ0) is 16.0. The molecular formula is C14H21N3O4. The molecule has 0 aliphatic carbocycles. The number of carbonyl (C=O) groups excluding carboxylic acids is 2. The van der Waals surface area contributed by atoms with E-state index in [0.29, 0.717) is 6.54 Å². The van der Waals surface area contributed by atoms with Gasteiger partial charge in [0.1, 0.15) is 0 Å². The second kappa shape index (κ2) is 7.01. The third-order valence-corrected chi connectivity index (χ3v) is 2.36. The Morgan fingerprint density at radius 3 is 2.57 bits per heavy atom. The molecule has 0 aromatic carbocycles. The monoisotopic (exact) mass is 295 g/mol. The van der Waals surface area contributed by atoms with Gasteiger partial charge >= 0.3 is 5.97 Å². The fourth-order valence-electron chi connectivity index (χ4n) is 1.59. The number of nitrogens with one attached hydrogen (secondary N) is 1. The van der Waals surface area contributed by atoms with Gasteiger partial charge in [0.25, 0.3) is 11.5 Å². The van der Waals surface area contributed by atoms with E-state index in [-0.39, 0.29) is 17.9 Å². The summed E-state index contributed by atoms with van der Waals surface area (Å²) in [4.78, 5) is 34.8. The Balaban J connectivity index is 2.66. The van der Waals surface area contributed by atoms with E-state index in [1.54, 1.807) is 0 Å². The van der Waals surface area contributed by atoms with Crippen molar-refractivity contribution in [3.8, 4) is 0 Å². The second-order valence-corrected chi connectivity index (χ2v) is 5.65. The Kier molecular flexibility index (Phi) is 5.63. The highest BCUT2D eigenvalue weighted by molar-refractivity contribution is 5.89. The molecular weight excluding hydrogens is 274 g/mol. The number of hydrogen-bond donors (Lipinski definition) is 1. The number of aromatic nitrogens is 2. The van der Waals surface area contributed by atoms with Crippen LogP contribution in [0.2, 0.25) is 0 Å². The van der Waals surface area contributed by atoms with Gasteiger partial charge in [-0.15, -0.1) is 0 Å². The van der Waals surface area contributed by atoms with E-state index in [2.05, 4.69) is 10.4 Å². The van der Waals surface area contributed by atoms with E-state index in [0.717, 1.165) is 6.42 Å². The maximum atomic E-state index is 11.8. The van der Waals surface area contributed by atoms with E-state index in [1.807, 2.05) is 27.7 Å². The van der Waals surface area contributed by atoms with Gasteiger partial charge in [-0.3, -0.25) is 9.59 Å². The first-order chi connectivity index (χ1) is 9.73. The summed E-state index contributed by atoms with van der Waals surface area (Å²) < 4.78 is 6.08. The highest BCUT2D eigenvalue weighted by atomic mass is 16.5. The molecule has 1 amide bonds. The van der Waals surface area contributed by atoms with Crippen LogP contribution in [0.15, 0.2) is 16.9 Å². The van der Waals surface area contributed by atoms with Crippen molar-refractivity contribution >= 4 is 11.9 Å². The topological polar surface area (TPSA) is 90.3 Å². The highest BCUT2D eigenvalue weighted by Crippen LogP contribution is 1.99. The zero-order valence-electron chi connectivity index (χ0n) is 12.8. The van der Waals surface area contributed by atoms with Crippen LogP contribution >= 0.6 is 0 Å². The number of hydrogen-bond acceptors (Lipinski definition) is 5. The molecule has 0 fully saturated rings. The zero-order valence-corrected chi connectivity index (χ0v) is 12.8. The lowest BCUT2D eigenvalue weighted by Crippen LogP contribution is -2.42.